The summed E-state index contributed by atoms with van der Waals surface area (Å²) < 4.78 is 2.27. The van der Waals surface area contributed by atoms with E-state index in [1.54, 1.807) is 0 Å². The molecule has 2 aromatic heterocycles. The number of para-hydroxylation sites is 2. The lowest BCUT2D eigenvalue weighted by Crippen LogP contribution is -2.32. The molecule has 4 rings (SSSR count). The van der Waals surface area contributed by atoms with E-state index in [0.29, 0.717) is 5.92 Å². The second kappa shape index (κ2) is 5.58. The summed E-state index contributed by atoms with van der Waals surface area (Å²) in [7, 11) is 2.14. The van der Waals surface area contributed by atoms with E-state index in [1.807, 2.05) is 31.2 Å². The highest BCUT2D eigenvalue weighted by Gasteiger charge is 2.25. The normalized spacial score (nSPS) is 14.5. The first-order chi connectivity index (χ1) is 11.5. The molecular formula is C19H23N5. The average Bonchev–Trinajstić information content (AvgIpc) is 2.91. The molecule has 0 saturated heterocycles. The summed E-state index contributed by atoms with van der Waals surface area (Å²) in [4.78, 5) is 16.8. The molecule has 0 radical (unpaired) electrons. The molecule has 1 aromatic carbocycles. The molecule has 0 saturated carbocycles. The Hall–Kier alpha value is -2.43. The molecule has 0 spiro atoms. The van der Waals surface area contributed by atoms with Crippen molar-refractivity contribution in [1.82, 2.24) is 19.5 Å². The molecule has 0 fully saturated rings. The predicted molar refractivity (Wildman–Crippen MR) is 96.3 cm³/mol. The van der Waals surface area contributed by atoms with Crippen LogP contribution in [-0.4, -0.2) is 26.1 Å². The first-order valence-corrected chi connectivity index (χ1v) is 8.57. The van der Waals surface area contributed by atoms with E-state index in [-0.39, 0.29) is 0 Å². The Bertz CT molecular complexity index is 910. The van der Waals surface area contributed by atoms with Gasteiger partial charge in [-0.3, -0.25) is 0 Å². The Morgan fingerprint density at radius 2 is 1.75 bits per heavy atom. The van der Waals surface area contributed by atoms with Crippen LogP contribution in [0.5, 0.6) is 0 Å². The van der Waals surface area contributed by atoms with E-state index in [4.69, 9.17) is 15.0 Å². The van der Waals surface area contributed by atoms with Crippen molar-refractivity contribution in [3.8, 4) is 0 Å². The van der Waals surface area contributed by atoms with Crippen molar-refractivity contribution in [3.63, 3.8) is 0 Å². The van der Waals surface area contributed by atoms with Crippen molar-refractivity contribution < 1.29 is 0 Å². The minimum Gasteiger partial charge on any atom is -0.349 e. The van der Waals surface area contributed by atoms with Gasteiger partial charge in [-0.15, -0.1) is 0 Å². The highest BCUT2D eigenvalue weighted by Crippen LogP contribution is 2.28. The Labute approximate surface area is 142 Å². The topological polar surface area (TPSA) is 46.8 Å². The van der Waals surface area contributed by atoms with E-state index in [2.05, 4.69) is 30.4 Å². The standard InChI is InChI=1S/C19H23N5/c1-12(2)18-22-16-11-24(10-9-17(16)23(18)4)19-13(3)20-14-7-5-6-8-15(14)21-19/h5-8,12H,9-11H2,1-4H3. The zero-order chi connectivity index (χ0) is 16.8. The number of rotatable bonds is 2. The number of anilines is 1. The molecule has 0 bridgehead atoms. The lowest BCUT2D eigenvalue weighted by Gasteiger charge is -2.28. The summed E-state index contributed by atoms with van der Waals surface area (Å²) in [6, 6.07) is 8.06. The minimum atomic E-state index is 0.441. The Kier molecular flexibility index (Phi) is 3.52. The van der Waals surface area contributed by atoms with Crippen molar-refractivity contribution in [2.75, 3.05) is 11.4 Å². The van der Waals surface area contributed by atoms with E-state index < -0.39 is 0 Å². The van der Waals surface area contributed by atoms with Crippen LogP contribution in [0.4, 0.5) is 5.82 Å². The number of imidazole rings is 1. The number of hydrogen-bond donors (Lipinski definition) is 0. The number of aromatic nitrogens is 4. The molecule has 0 aliphatic carbocycles. The van der Waals surface area contributed by atoms with E-state index >= 15 is 0 Å². The molecule has 1 aliphatic heterocycles. The first-order valence-electron chi connectivity index (χ1n) is 8.57. The lowest BCUT2D eigenvalue weighted by atomic mass is 10.1. The van der Waals surface area contributed by atoms with Crippen LogP contribution >= 0.6 is 0 Å². The van der Waals surface area contributed by atoms with Crippen LogP contribution in [0, 0.1) is 6.92 Å². The molecule has 0 atom stereocenters. The largest absolute Gasteiger partial charge is 0.349 e. The molecular weight excluding hydrogens is 298 g/mol. The summed E-state index contributed by atoms with van der Waals surface area (Å²) in [5, 5.41) is 0. The third kappa shape index (κ3) is 2.35. The van der Waals surface area contributed by atoms with Crippen molar-refractivity contribution in [1.29, 1.82) is 0 Å². The maximum absolute atomic E-state index is 4.89. The monoisotopic (exact) mass is 321 g/mol. The molecule has 24 heavy (non-hydrogen) atoms. The minimum absolute atomic E-state index is 0.441. The average molecular weight is 321 g/mol. The summed E-state index contributed by atoms with van der Waals surface area (Å²) in [5.41, 5.74) is 5.43. The number of aryl methyl sites for hydroxylation is 1. The van der Waals surface area contributed by atoms with Crippen LogP contribution in [0.1, 0.15) is 42.7 Å². The fourth-order valence-corrected chi connectivity index (χ4v) is 3.62. The molecule has 5 heteroatoms. The molecule has 1 aliphatic rings. The number of benzene rings is 1. The van der Waals surface area contributed by atoms with Gasteiger partial charge in [0, 0.05) is 31.6 Å². The first kappa shape index (κ1) is 15.1. The predicted octanol–water partition coefficient (Wildman–Crippen LogP) is 3.36. The van der Waals surface area contributed by atoms with E-state index in [9.17, 15) is 0 Å². The summed E-state index contributed by atoms with van der Waals surface area (Å²) >= 11 is 0. The molecule has 0 N–H and O–H groups in total. The maximum atomic E-state index is 4.89. The van der Waals surface area contributed by atoms with Gasteiger partial charge in [0.15, 0.2) is 5.82 Å². The quantitative estimate of drug-likeness (QED) is 0.726. The third-order valence-corrected chi connectivity index (χ3v) is 4.83. The van der Waals surface area contributed by atoms with E-state index in [0.717, 1.165) is 42.1 Å². The summed E-state index contributed by atoms with van der Waals surface area (Å²) in [6.45, 7) is 8.21. The summed E-state index contributed by atoms with van der Waals surface area (Å²) in [5.74, 6) is 2.59. The Morgan fingerprint density at radius 3 is 2.46 bits per heavy atom. The van der Waals surface area contributed by atoms with Gasteiger partial charge in [0.25, 0.3) is 0 Å². The van der Waals surface area contributed by atoms with Crippen LogP contribution in [0.3, 0.4) is 0 Å². The second-order valence-electron chi connectivity index (χ2n) is 6.87. The zero-order valence-electron chi connectivity index (χ0n) is 14.7. The molecule has 124 valence electrons. The molecule has 3 heterocycles. The van der Waals surface area contributed by atoms with Gasteiger partial charge in [0.05, 0.1) is 29.0 Å². The SMILES string of the molecule is Cc1nc2ccccc2nc1N1CCc2c(nc(C(C)C)n2C)C1. The van der Waals surface area contributed by atoms with Crippen LogP contribution in [0.25, 0.3) is 11.0 Å². The zero-order valence-corrected chi connectivity index (χ0v) is 14.7. The van der Waals surface area contributed by atoms with Crippen LogP contribution in [-0.2, 0) is 20.0 Å². The highest BCUT2D eigenvalue weighted by atomic mass is 15.2. The van der Waals surface area contributed by atoms with Crippen LogP contribution in [0.2, 0.25) is 0 Å². The van der Waals surface area contributed by atoms with Gasteiger partial charge >= 0.3 is 0 Å². The van der Waals surface area contributed by atoms with Gasteiger partial charge in [-0.2, -0.15) is 0 Å². The van der Waals surface area contributed by atoms with E-state index in [1.165, 1.54) is 17.2 Å². The number of hydrogen-bond acceptors (Lipinski definition) is 4. The van der Waals surface area contributed by atoms with Gasteiger partial charge in [-0.25, -0.2) is 15.0 Å². The van der Waals surface area contributed by atoms with Crippen molar-refractivity contribution in [3.05, 3.63) is 47.2 Å². The van der Waals surface area contributed by atoms with Gasteiger partial charge in [-0.1, -0.05) is 26.0 Å². The molecule has 5 nitrogen and oxygen atoms in total. The van der Waals surface area contributed by atoms with Crippen molar-refractivity contribution in [2.24, 2.45) is 7.05 Å². The van der Waals surface area contributed by atoms with Gasteiger partial charge < -0.3 is 9.47 Å². The Morgan fingerprint density at radius 1 is 1.04 bits per heavy atom. The lowest BCUT2D eigenvalue weighted by molar-refractivity contribution is 0.657. The van der Waals surface area contributed by atoms with Crippen molar-refractivity contribution >= 4 is 16.9 Å². The van der Waals surface area contributed by atoms with Crippen LogP contribution in [0.15, 0.2) is 24.3 Å². The fourth-order valence-electron chi connectivity index (χ4n) is 3.62. The van der Waals surface area contributed by atoms with Gasteiger partial charge in [0.1, 0.15) is 5.82 Å². The van der Waals surface area contributed by atoms with Crippen molar-refractivity contribution in [2.45, 2.75) is 39.7 Å². The number of nitrogens with zero attached hydrogens (tertiary/aromatic N) is 5. The van der Waals surface area contributed by atoms with Gasteiger partial charge in [-0.05, 0) is 19.1 Å². The second-order valence-corrected chi connectivity index (χ2v) is 6.87. The van der Waals surface area contributed by atoms with Crippen LogP contribution < -0.4 is 4.90 Å². The molecule has 3 aromatic rings. The highest BCUT2D eigenvalue weighted by molar-refractivity contribution is 5.76. The molecule has 0 amide bonds. The fraction of sp³-hybridized carbons (Fsp3) is 0.421. The van der Waals surface area contributed by atoms with Gasteiger partial charge in [0.2, 0.25) is 0 Å². The third-order valence-electron chi connectivity index (χ3n) is 4.83. The maximum Gasteiger partial charge on any atom is 0.151 e. The Balaban J connectivity index is 1.72. The molecule has 0 unspecified atom stereocenters. The summed E-state index contributed by atoms with van der Waals surface area (Å²) in [6.07, 6.45) is 1.000. The smallest absolute Gasteiger partial charge is 0.151 e. The number of fused-ring (bicyclic) bond motifs is 2.